The Bertz CT molecular complexity index is 332. The fraction of sp³-hybridized carbons (Fsp3) is 0.429. The highest BCUT2D eigenvalue weighted by molar-refractivity contribution is 5.31. The average Bonchev–Trinajstić information content (AvgIpc) is 2.41. The first kappa shape index (κ1) is 9.51. The van der Waals surface area contributed by atoms with Gasteiger partial charge in [0, 0.05) is 5.92 Å². The molecule has 14 heavy (non-hydrogen) atoms. The molecule has 0 N–H and O–H groups in total. The molecule has 1 saturated carbocycles. The molecule has 1 aliphatic carbocycles. The maximum atomic E-state index is 4.21. The Morgan fingerprint density at radius 2 is 1.86 bits per heavy atom. The predicted molar refractivity (Wildman–Crippen MR) is 61.3 cm³/mol. The van der Waals surface area contributed by atoms with Gasteiger partial charge in [0.25, 0.3) is 0 Å². The van der Waals surface area contributed by atoms with Gasteiger partial charge in [-0.15, -0.1) is 0 Å². The molecule has 0 spiro atoms. The number of allylic oxidation sites excluding steroid dienone is 1. The highest BCUT2D eigenvalue weighted by Gasteiger charge is 2.34. The van der Waals surface area contributed by atoms with E-state index in [1.807, 2.05) is 0 Å². The molecule has 1 aromatic rings. The summed E-state index contributed by atoms with van der Waals surface area (Å²) in [5.41, 5.74) is 3.28. The summed E-state index contributed by atoms with van der Waals surface area (Å²) in [5.74, 6) is 0.589. The molecule has 1 atom stereocenters. The Labute approximate surface area is 86.7 Å². The molecule has 2 rings (SSSR count). The van der Waals surface area contributed by atoms with E-state index in [9.17, 15) is 0 Å². The van der Waals surface area contributed by atoms with E-state index in [1.165, 1.54) is 24.0 Å². The minimum Gasteiger partial charge on any atom is -0.0992 e. The fourth-order valence-electron chi connectivity index (χ4n) is 2.55. The van der Waals surface area contributed by atoms with Crippen LogP contribution >= 0.6 is 0 Å². The van der Waals surface area contributed by atoms with Gasteiger partial charge in [0.05, 0.1) is 0 Å². The smallest absolute Gasteiger partial charge is 0.00508 e. The lowest BCUT2D eigenvalue weighted by atomic mass is 9.88. The van der Waals surface area contributed by atoms with Crippen LogP contribution < -0.4 is 0 Å². The van der Waals surface area contributed by atoms with E-state index < -0.39 is 0 Å². The second-order valence-corrected chi connectivity index (χ2v) is 5.17. The Morgan fingerprint density at radius 1 is 1.21 bits per heavy atom. The van der Waals surface area contributed by atoms with Crippen LogP contribution in [0, 0.1) is 5.41 Å². The molecule has 1 aliphatic rings. The largest absolute Gasteiger partial charge is 0.0992 e. The van der Waals surface area contributed by atoms with Gasteiger partial charge in [-0.25, -0.2) is 0 Å². The fourth-order valence-corrected chi connectivity index (χ4v) is 2.55. The summed E-state index contributed by atoms with van der Waals surface area (Å²) in [6, 6.07) is 10.8. The Hall–Kier alpha value is -1.04. The van der Waals surface area contributed by atoms with Crippen molar-refractivity contribution in [1.29, 1.82) is 0 Å². The van der Waals surface area contributed by atoms with Gasteiger partial charge in [0.2, 0.25) is 0 Å². The molecule has 0 amide bonds. The van der Waals surface area contributed by atoms with Crippen LogP contribution in [0.15, 0.2) is 42.5 Å². The summed E-state index contributed by atoms with van der Waals surface area (Å²) in [7, 11) is 0. The van der Waals surface area contributed by atoms with Gasteiger partial charge < -0.3 is 0 Å². The topological polar surface area (TPSA) is 0 Å². The van der Waals surface area contributed by atoms with Crippen molar-refractivity contribution in [3.05, 3.63) is 48.0 Å². The monoisotopic (exact) mass is 186 g/mol. The SMILES string of the molecule is C=C1CC(C)(C)C[C@H]1c1ccccc1. The van der Waals surface area contributed by atoms with Gasteiger partial charge in [0.1, 0.15) is 0 Å². The maximum absolute atomic E-state index is 4.21. The number of hydrogen-bond donors (Lipinski definition) is 0. The highest BCUT2D eigenvalue weighted by atomic mass is 14.4. The van der Waals surface area contributed by atoms with E-state index in [0.717, 1.165) is 0 Å². The van der Waals surface area contributed by atoms with E-state index in [4.69, 9.17) is 0 Å². The normalized spacial score (nSPS) is 25.3. The van der Waals surface area contributed by atoms with E-state index >= 15 is 0 Å². The molecule has 0 aliphatic heterocycles. The van der Waals surface area contributed by atoms with Gasteiger partial charge in [-0.2, -0.15) is 0 Å². The van der Waals surface area contributed by atoms with Crippen molar-refractivity contribution >= 4 is 0 Å². The third-order valence-corrected chi connectivity index (χ3v) is 3.16. The van der Waals surface area contributed by atoms with Crippen LogP contribution in [0.5, 0.6) is 0 Å². The molecular formula is C14H18. The number of hydrogen-bond acceptors (Lipinski definition) is 0. The molecule has 0 nitrogen and oxygen atoms in total. The van der Waals surface area contributed by atoms with Gasteiger partial charge in [-0.3, -0.25) is 0 Å². The van der Waals surface area contributed by atoms with E-state index in [2.05, 4.69) is 50.8 Å². The van der Waals surface area contributed by atoms with Crippen LogP contribution in [0.1, 0.15) is 38.2 Å². The van der Waals surface area contributed by atoms with Crippen molar-refractivity contribution in [1.82, 2.24) is 0 Å². The van der Waals surface area contributed by atoms with Crippen LogP contribution in [0.3, 0.4) is 0 Å². The molecule has 0 radical (unpaired) electrons. The zero-order valence-electron chi connectivity index (χ0n) is 9.09. The lowest BCUT2D eigenvalue weighted by Gasteiger charge is -2.16. The molecule has 1 aromatic carbocycles. The highest BCUT2D eigenvalue weighted by Crippen LogP contribution is 2.48. The first-order valence-corrected chi connectivity index (χ1v) is 5.31. The molecule has 1 fully saturated rings. The molecule has 0 bridgehead atoms. The minimum atomic E-state index is 0.442. The van der Waals surface area contributed by atoms with Crippen molar-refractivity contribution < 1.29 is 0 Å². The third kappa shape index (κ3) is 1.75. The summed E-state index contributed by atoms with van der Waals surface area (Å²) in [4.78, 5) is 0. The van der Waals surface area contributed by atoms with E-state index in [1.54, 1.807) is 0 Å². The first-order chi connectivity index (χ1) is 6.58. The van der Waals surface area contributed by atoms with Crippen molar-refractivity contribution in [3.8, 4) is 0 Å². The Balaban J connectivity index is 2.26. The Morgan fingerprint density at radius 3 is 2.36 bits per heavy atom. The minimum absolute atomic E-state index is 0.442. The van der Waals surface area contributed by atoms with Crippen molar-refractivity contribution in [2.24, 2.45) is 5.41 Å². The zero-order chi connectivity index (χ0) is 10.2. The van der Waals surface area contributed by atoms with Gasteiger partial charge in [0.15, 0.2) is 0 Å². The number of benzene rings is 1. The molecule has 0 unspecified atom stereocenters. The second kappa shape index (κ2) is 3.27. The molecular weight excluding hydrogens is 168 g/mol. The van der Waals surface area contributed by atoms with Gasteiger partial charge >= 0.3 is 0 Å². The molecule has 0 saturated heterocycles. The van der Waals surface area contributed by atoms with Gasteiger partial charge in [-0.05, 0) is 23.8 Å². The summed E-state index contributed by atoms with van der Waals surface area (Å²) in [6.07, 6.45) is 2.42. The predicted octanol–water partition coefficient (Wildman–Crippen LogP) is 4.15. The zero-order valence-corrected chi connectivity index (χ0v) is 9.09. The summed E-state index contributed by atoms with van der Waals surface area (Å²) in [6.45, 7) is 8.88. The van der Waals surface area contributed by atoms with Crippen molar-refractivity contribution in [2.75, 3.05) is 0 Å². The van der Waals surface area contributed by atoms with Crippen LogP contribution in [0.4, 0.5) is 0 Å². The summed E-state index contributed by atoms with van der Waals surface area (Å²) in [5, 5.41) is 0. The standard InChI is InChI=1S/C14H18/c1-11-9-14(2,3)10-13(11)12-7-5-4-6-8-12/h4-8,13H,1,9-10H2,2-3H3/t13-/m1/s1. The molecule has 0 heterocycles. The second-order valence-electron chi connectivity index (χ2n) is 5.17. The molecule has 0 heteroatoms. The lowest BCUT2D eigenvalue weighted by molar-refractivity contribution is 0.380. The van der Waals surface area contributed by atoms with Gasteiger partial charge in [-0.1, -0.05) is 56.3 Å². The summed E-state index contributed by atoms with van der Waals surface area (Å²) >= 11 is 0. The summed E-state index contributed by atoms with van der Waals surface area (Å²) < 4.78 is 0. The van der Waals surface area contributed by atoms with Crippen LogP contribution in [0.2, 0.25) is 0 Å². The van der Waals surface area contributed by atoms with E-state index in [0.29, 0.717) is 11.3 Å². The van der Waals surface area contributed by atoms with E-state index in [-0.39, 0.29) is 0 Å². The van der Waals surface area contributed by atoms with Crippen LogP contribution in [0.25, 0.3) is 0 Å². The Kier molecular flexibility index (Phi) is 2.22. The third-order valence-electron chi connectivity index (χ3n) is 3.16. The quantitative estimate of drug-likeness (QED) is 0.578. The van der Waals surface area contributed by atoms with Crippen LogP contribution in [-0.4, -0.2) is 0 Å². The first-order valence-electron chi connectivity index (χ1n) is 5.31. The maximum Gasteiger partial charge on any atom is 0.00508 e. The van der Waals surface area contributed by atoms with Crippen molar-refractivity contribution in [3.63, 3.8) is 0 Å². The van der Waals surface area contributed by atoms with Crippen LogP contribution in [-0.2, 0) is 0 Å². The molecule has 74 valence electrons. The number of rotatable bonds is 1. The van der Waals surface area contributed by atoms with Crippen molar-refractivity contribution in [2.45, 2.75) is 32.6 Å². The average molecular weight is 186 g/mol. The lowest BCUT2D eigenvalue weighted by Crippen LogP contribution is -2.04. The molecule has 0 aromatic heterocycles.